The molecule has 1 atom stereocenters. The standard InChI is InChI=1S/C13H14FN3/c1-10(11-3-2-4-12(14)7-11)16-8-13-5-6-15-9-17-13/h2-7,9-10,16H,8H2,1H3/t10-/m0/s1. The van der Waals surface area contributed by atoms with Crippen LogP contribution in [0, 0.1) is 5.82 Å². The SMILES string of the molecule is C[C@H](NCc1ccncn1)c1cccc(F)c1. The summed E-state index contributed by atoms with van der Waals surface area (Å²) in [6.45, 7) is 2.64. The Labute approximate surface area is 99.7 Å². The van der Waals surface area contributed by atoms with Crippen LogP contribution >= 0.6 is 0 Å². The van der Waals surface area contributed by atoms with Crippen molar-refractivity contribution in [1.29, 1.82) is 0 Å². The van der Waals surface area contributed by atoms with Crippen molar-refractivity contribution in [2.75, 3.05) is 0 Å². The molecule has 0 unspecified atom stereocenters. The largest absolute Gasteiger partial charge is 0.305 e. The zero-order valence-electron chi connectivity index (χ0n) is 9.60. The van der Waals surface area contributed by atoms with Gasteiger partial charge in [0.2, 0.25) is 0 Å². The highest BCUT2D eigenvalue weighted by Gasteiger charge is 2.05. The van der Waals surface area contributed by atoms with E-state index >= 15 is 0 Å². The number of nitrogens with one attached hydrogen (secondary N) is 1. The summed E-state index contributed by atoms with van der Waals surface area (Å²) in [4.78, 5) is 7.97. The Hall–Kier alpha value is -1.81. The molecule has 0 aliphatic rings. The second-order valence-electron chi connectivity index (χ2n) is 3.86. The molecule has 1 aromatic carbocycles. The number of benzene rings is 1. The summed E-state index contributed by atoms with van der Waals surface area (Å²) in [5.41, 5.74) is 1.85. The summed E-state index contributed by atoms with van der Waals surface area (Å²) in [6.07, 6.45) is 3.22. The molecule has 0 aliphatic heterocycles. The average molecular weight is 231 g/mol. The van der Waals surface area contributed by atoms with Gasteiger partial charge in [-0.3, -0.25) is 0 Å². The number of nitrogens with zero attached hydrogens (tertiary/aromatic N) is 2. The van der Waals surface area contributed by atoms with Gasteiger partial charge in [0, 0.05) is 18.8 Å². The first kappa shape index (κ1) is 11.7. The molecule has 0 aliphatic carbocycles. The zero-order chi connectivity index (χ0) is 12.1. The Morgan fingerprint density at radius 3 is 2.94 bits per heavy atom. The minimum atomic E-state index is -0.210. The highest BCUT2D eigenvalue weighted by molar-refractivity contribution is 5.19. The van der Waals surface area contributed by atoms with Gasteiger partial charge in [-0.05, 0) is 30.7 Å². The van der Waals surface area contributed by atoms with Crippen LogP contribution in [0.4, 0.5) is 4.39 Å². The van der Waals surface area contributed by atoms with Crippen molar-refractivity contribution >= 4 is 0 Å². The summed E-state index contributed by atoms with van der Waals surface area (Å²) in [6, 6.07) is 8.54. The van der Waals surface area contributed by atoms with E-state index in [-0.39, 0.29) is 11.9 Å². The molecule has 0 fully saturated rings. The van der Waals surface area contributed by atoms with Crippen LogP contribution in [0.5, 0.6) is 0 Å². The zero-order valence-corrected chi connectivity index (χ0v) is 9.60. The van der Waals surface area contributed by atoms with E-state index in [1.54, 1.807) is 12.3 Å². The fourth-order valence-electron chi connectivity index (χ4n) is 1.57. The lowest BCUT2D eigenvalue weighted by molar-refractivity contribution is 0.559. The third-order valence-corrected chi connectivity index (χ3v) is 2.58. The van der Waals surface area contributed by atoms with E-state index in [2.05, 4.69) is 15.3 Å². The third-order valence-electron chi connectivity index (χ3n) is 2.58. The highest BCUT2D eigenvalue weighted by Crippen LogP contribution is 2.13. The Morgan fingerprint density at radius 2 is 2.24 bits per heavy atom. The first-order valence-corrected chi connectivity index (χ1v) is 5.49. The van der Waals surface area contributed by atoms with Crippen molar-refractivity contribution in [1.82, 2.24) is 15.3 Å². The van der Waals surface area contributed by atoms with Crippen LogP contribution in [0.3, 0.4) is 0 Å². The fraction of sp³-hybridized carbons (Fsp3) is 0.231. The molecule has 0 amide bonds. The van der Waals surface area contributed by atoms with Crippen LogP contribution in [0.1, 0.15) is 24.2 Å². The fourth-order valence-corrected chi connectivity index (χ4v) is 1.57. The van der Waals surface area contributed by atoms with Gasteiger partial charge in [-0.2, -0.15) is 0 Å². The molecule has 1 heterocycles. The molecule has 88 valence electrons. The van der Waals surface area contributed by atoms with Gasteiger partial charge in [0.1, 0.15) is 12.1 Å². The summed E-state index contributed by atoms with van der Waals surface area (Å²) in [7, 11) is 0. The van der Waals surface area contributed by atoms with E-state index in [1.165, 1.54) is 18.5 Å². The van der Waals surface area contributed by atoms with Crippen molar-refractivity contribution in [2.24, 2.45) is 0 Å². The number of aromatic nitrogens is 2. The van der Waals surface area contributed by atoms with E-state index in [1.807, 2.05) is 19.1 Å². The van der Waals surface area contributed by atoms with Crippen molar-refractivity contribution in [3.63, 3.8) is 0 Å². The van der Waals surface area contributed by atoms with Gasteiger partial charge in [0.15, 0.2) is 0 Å². The van der Waals surface area contributed by atoms with Gasteiger partial charge in [-0.25, -0.2) is 14.4 Å². The molecule has 0 bridgehead atoms. The maximum absolute atomic E-state index is 13.0. The molecular formula is C13H14FN3. The smallest absolute Gasteiger partial charge is 0.123 e. The minimum absolute atomic E-state index is 0.0839. The molecule has 1 N–H and O–H groups in total. The molecule has 1 aromatic heterocycles. The van der Waals surface area contributed by atoms with Crippen molar-refractivity contribution in [2.45, 2.75) is 19.5 Å². The first-order chi connectivity index (χ1) is 8.25. The van der Waals surface area contributed by atoms with Crippen molar-refractivity contribution in [3.05, 3.63) is 59.9 Å². The minimum Gasteiger partial charge on any atom is -0.305 e. The van der Waals surface area contributed by atoms with Crippen LogP contribution in [0.2, 0.25) is 0 Å². The maximum atomic E-state index is 13.0. The molecule has 17 heavy (non-hydrogen) atoms. The van der Waals surface area contributed by atoms with Gasteiger partial charge in [-0.15, -0.1) is 0 Å². The monoisotopic (exact) mass is 231 g/mol. The van der Waals surface area contributed by atoms with Gasteiger partial charge in [0.05, 0.1) is 5.69 Å². The topological polar surface area (TPSA) is 37.8 Å². The molecule has 4 heteroatoms. The second kappa shape index (κ2) is 5.50. The van der Waals surface area contributed by atoms with Crippen LogP contribution in [0.25, 0.3) is 0 Å². The normalized spacial score (nSPS) is 12.4. The quantitative estimate of drug-likeness (QED) is 0.878. The molecule has 3 nitrogen and oxygen atoms in total. The van der Waals surface area contributed by atoms with E-state index < -0.39 is 0 Å². The van der Waals surface area contributed by atoms with Gasteiger partial charge >= 0.3 is 0 Å². The summed E-state index contributed by atoms with van der Waals surface area (Å²) < 4.78 is 13.0. The molecule has 0 radical (unpaired) electrons. The average Bonchev–Trinajstić information content (AvgIpc) is 2.37. The first-order valence-electron chi connectivity index (χ1n) is 5.49. The molecule has 0 saturated carbocycles. The maximum Gasteiger partial charge on any atom is 0.123 e. The Morgan fingerprint density at radius 1 is 1.35 bits per heavy atom. The summed E-state index contributed by atoms with van der Waals surface area (Å²) in [5, 5.41) is 3.29. The van der Waals surface area contributed by atoms with E-state index in [0.29, 0.717) is 6.54 Å². The van der Waals surface area contributed by atoms with Crippen molar-refractivity contribution < 1.29 is 4.39 Å². The van der Waals surface area contributed by atoms with Crippen LogP contribution in [0.15, 0.2) is 42.9 Å². The predicted octanol–water partition coefficient (Wildman–Crippen LogP) is 2.47. The number of hydrogen-bond donors (Lipinski definition) is 1. The Balaban J connectivity index is 1.96. The molecule has 2 aromatic rings. The molecule has 0 saturated heterocycles. The molecular weight excluding hydrogens is 217 g/mol. The lowest BCUT2D eigenvalue weighted by Gasteiger charge is -2.13. The van der Waals surface area contributed by atoms with E-state index in [4.69, 9.17) is 0 Å². The number of hydrogen-bond acceptors (Lipinski definition) is 3. The molecule has 0 spiro atoms. The number of halogens is 1. The Bertz CT molecular complexity index is 473. The van der Waals surface area contributed by atoms with E-state index in [0.717, 1.165) is 11.3 Å². The summed E-state index contributed by atoms with van der Waals surface area (Å²) in [5.74, 6) is -0.210. The lowest BCUT2D eigenvalue weighted by Crippen LogP contribution is -2.18. The summed E-state index contributed by atoms with van der Waals surface area (Å²) >= 11 is 0. The predicted molar refractivity (Wildman–Crippen MR) is 63.7 cm³/mol. The van der Waals surface area contributed by atoms with Gasteiger partial charge < -0.3 is 5.32 Å². The lowest BCUT2D eigenvalue weighted by atomic mass is 10.1. The van der Waals surface area contributed by atoms with E-state index in [9.17, 15) is 4.39 Å². The second-order valence-corrected chi connectivity index (χ2v) is 3.86. The van der Waals surface area contributed by atoms with Crippen molar-refractivity contribution in [3.8, 4) is 0 Å². The van der Waals surface area contributed by atoms with Crippen LogP contribution in [-0.4, -0.2) is 9.97 Å². The Kier molecular flexibility index (Phi) is 3.77. The van der Waals surface area contributed by atoms with Gasteiger partial charge in [-0.1, -0.05) is 12.1 Å². The highest BCUT2D eigenvalue weighted by atomic mass is 19.1. The van der Waals surface area contributed by atoms with Crippen LogP contribution in [-0.2, 0) is 6.54 Å². The number of rotatable bonds is 4. The van der Waals surface area contributed by atoms with Gasteiger partial charge in [0.25, 0.3) is 0 Å². The third kappa shape index (κ3) is 3.32. The molecule has 2 rings (SSSR count). The van der Waals surface area contributed by atoms with Crippen LogP contribution < -0.4 is 5.32 Å².